The summed E-state index contributed by atoms with van der Waals surface area (Å²) >= 11 is 7.07. The van der Waals surface area contributed by atoms with E-state index in [2.05, 4.69) is 69.2 Å². The first kappa shape index (κ1) is 15.2. The second kappa shape index (κ2) is 8.25. The van der Waals surface area contributed by atoms with E-state index in [0.29, 0.717) is 6.61 Å². The van der Waals surface area contributed by atoms with Gasteiger partial charge in [0.25, 0.3) is 0 Å². The highest BCUT2D eigenvalue weighted by Gasteiger charge is 2.13. The first-order valence-corrected chi connectivity index (χ1v) is 7.53. The predicted octanol–water partition coefficient (Wildman–Crippen LogP) is 4.29. The van der Waals surface area contributed by atoms with Crippen LogP contribution >= 0.6 is 31.9 Å². The third-order valence-electron chi connectivity index (χ3n) is 2.42. The number of nitrogens with one attached hydrogen (secondary N) is 1. The Morgan fingerprint density at radius 1 is 1.29 bits per heavy atom. The number of benzene rings is 1. The second-order valence-corrected chi connectivity index (χ2v) is 5.62. The third kappa shape index (κ3) is 5.08. The molecule has 0 radical (unpaired) electrons. The fourth-order valence-electron chi connectivity index (χ4n) is 1.63. The lowest BCUT2D eigenvalue weighted by Crippen LogP contribution is -2.25. The van der Waals surface area contributed by atoms with Gasteiger partial charge in [-0.05, 0) is 30.7 Å². The van der Waals surface area contributed by atoms with E-state index in [1.54, 1.807) is 0 Å². The van der Waals surface area contributed by atoms with E-state index in [1.807, 2.05) is 0 Å². The van der Waals surface area contributed by atoms with Crippen LogP contribution < -0.4 is 5.32 Å². The quantitative estimate of drug-likeness (QED) is 0.728. The third-order valence-corrected chi connectivity index (χ3v) is 3.60. The van der Waals surface area contributed by atoms with Crippen molar-refractivity contribution in [3.8, 4) is 0 Å². The minimum Gasteiger partial charge on any atom is -0.379 e. The van der Waals surface area contributed by atoms with Crippen molar-refractivity contribution in [2.24, 2.45) is 0 Å². The van der Waals surface area contributed by atoms with Crippen LogP contribution in [0.15, 0.2) is 27.1 Å². The van der Waals surface area contributed by atoms with Crippen LogP contribution in [0.3, 0.4) is 0 Å². The van der Waals surface area contributed by atoms with E-state index in [1.165, 1.54) is 5.56 Å². The summed E-state index contributed by atoms with van der Waals surface area (Å²) in [6, 6.07) is 6.50. The maximum absolute atomic E-state index is 5.64. The van der Waals surface area contributed by atoms with Crippen molar-refractivity contribution in [3.63, 3.8) is 0 Å². The highest BCUT2D eigenvalue weighted by atomic mass is 79.9. The molecule has 0 saturated heterocycles. The molecule has 4 heteroatoms. The van der Waals surface area contributed by atoms with Crippen molar-refractivity contribution in [2.45, 2.75) is 26.3 Å². The minimum atomic E-state index is 0.244. The highest BCUT2D eigenvalue weighted by molar-refractivity contribution is 9.11. The minimum absolute atomic E-state index is 0.244. The lowest BCUT2D eigenvalue weighted by atomic mass is 10.1. The molecule has 0 amide bonds. The Morgan fingerprint density at radius 3 is 2.65 bits per heavy atom. The van der Waals surface area contributed by atoms with E-state index in [4.69, 9.17) is 4.74 Å². The molecular weight excluding hydrogens is 346 g/mol. The van der Waals surface area contributed by atoms with Gasteiger partial charge in [0.05, 0.1) is 12.6 Å². The number of likely N-dealkylation sites (N-methyl/N-ethyl adjacent to an activating group) is 1. The monoisotopic (exact) mass is 363 g/mol. The summed E-state index contributed by atoms with van der Waals surface area (Å²) in [7, 11) is 0. The Labute approximate surface area is 120 Å². The molecule has 17 heavy (non-hydrogen) atoms. The van der Waals surface area contributed by atoms with Crippen LogP contribution in [0, 0.1) is 0 Å². The lowest BCUT2D eigenvalue weighted by Gasteiger charge is -2.20. The molecule has 1 unspecified atom stereocenters. The number of hydrogen-bond donors (Lipinski definition) is 1. The fourth-order valence-corrected chi connectivity index (χ4v) is 2.96. The van der Waals surface area contributed by atoms with Crippen molar-refractivity contribution in [3.05, 3.63) is 32.7 Å². The van der Waals surface area contributed by atoms with Gasteiger partial charge in [-0.25, -0.2) is 0 Å². The lowest BCUT2D eigenvalue weighted by molar-refractivity contribution is 0.112. The molecule has 0 heterocycles. The number of halogens is 2. The molecule has 0 aliphatic rings. The summed E-state index contributed by atoms with van der Waals surface area (Å²) in [4.78, 5) is 0. The molecule has 0 fully saturated rings. The Hall–Kier alpha value is 0.1000. The average molecular weight is 365 g/mol. The van der Waals surface area contributed by atoms with Gasteiger partial charge in [-0.2, -0.15) is 0 Å². The molecule has 0 saturated carbocycles. The van der Waals surface area contributed by atoms with Gasteiger partial charge in [0.1, 0.15) is 0 Å². The Kier molecular flexibility index (Phi) is 7.35. The molecule has 0 aliphatic carbocycles. The Balaban J connectivity index is 2.74. The van der Waals surface area contributed by atoms with Crippen LogP contribution in [-0.4, -0.2) is 19.8 Å². The van der Waals surface area contributed by atoms with Crippen LogP contribution in [0.2, 0.25) is 0 Å². The molecule has 1 aromatic rings. The molecule has 0 aliphatic heterocycles. The van der Waals surface area contributed by atoms with Crippen molar-refractivity contribution < 1.29 is 4.74 Å². The maximum atomic E-state index is 5.64. The van der Waals surface area contributed by atoms with Gasteiger partial charge in [0.15, 0.2) is 0 Å². The van der Waals surface area contributed by atoms with E-state index in [-0.39, 0.29) is 6.04 Å². The molecule has 0 spiro atoms. The van der Waals surface area contributed by atoms with Crippen molar-refractivity contribution in [1.82, 2.24) is 5.32 Å². The van der Waals surface area contributed by atoms with Gasteiger partial charge in [-0.15, -0.1) is 0 Å². The van der Waals surface area contributed by atoms with Gasteiger partial charge >= 0.3 is 0 Å². The van der Waals surface area contributed by atoms with Crippen molar-refractivity contribution in [2.75, 3.05) is 19.8 Å². The molecule has 1 atom stereocenters. The van der Waals surface area contributed by atoms with Gasteiger partial charge in [0.2, 0.25) is 0 Å². The standard InChI is InChI=1S/C13H19Br2NO/c1-3-7-17-9-13(16-4-2)11-6-5-10(14)8-12(11)15/h5-6,8,13,16H,3-4,7,9H2,1-2H3. The van der Waals surface area contributed by atoms with E-state index < -0.39 is 0 Å². The van der Waals surface area contributed by atoms with Crippen LogP contribution in [0.25, 0.3) is 0 Å². The molecule has 2 nitrogen and oxygen atoms in total. The number of rotatable bonds is 7. The van der Waals surface area contributed by atoms with E-state index >= 15 is 0 Å². The van der Waals surface area contributed by atoms with Gasteiger partial charge in [-0.1, -0.05) is 51.8 Å². The maximum Gasteiger partial charge on any atom is 0.0661 e. The zero-order chi connectivity index (χ0) is 12.7. The molecule has 0 bridgehead atoms. The van der Waals surface area contributed by atoms with E-state index in [9.17, 15) is 0 Å². The van der Waals surface area contributed by atoms with Gasteiger partial charge in [0, 0.05) is 15.6 Å². The van der Waals surface area contributed by atoms with Crippen LogP contribution in [0.1, 0.15) is 31.9 Å². The van der Waals surface area contributed by atoms with Crippen molar-refractivity contribution in [1.29, 1.82) is 0 Å². The summed E-state index contributed by atoms with van der Waals surface area (Å²) in [5.74, 6) is 0. The average Bonchev–Trinajstić information content (AvgIpc) is 2.28. The van der Waals surface area contributed by atoms with Gasteiger partial charge < -0.3 is 10.1 Å². The summed E-state index contributed by atoms with van der Waals surface area (Å²) in [6.45, 7) is 6.69. The predicted molar refractivity (Wildman–Crippen MR) is 79.4 cm³/mol. The molecule has 0 aromatic heterocycles. The summed E-state index contributed by atoms with van der Waals surface area (Å²) in [6.07, 6.45) is 1.06. The van der Waals surface area contributed by atoms with Crippen molar-refractivity contribution >= 4 is 31.9 Å². The second-order valence-electron chi connectivity index (χ2n) is 3.85. The van der Waals surface area contributed by atoms with Crippen LogP contribution in [0.4, 0.5) is 0 Å². The molecule has 1 aromatic carbocycles. The zero-order valence-corrected chi connectivity index (χ0v) is 13.5. The Morgan fingerprint density at radius 2 is 2.06 bits per heavy atom. The Bertz CT molecular complexity index is 344. The van der Waals surface area contributed by atoms with Crippen LogP contribution in [0.5, 0.6) is 0 Å². The first-order chi connectivity index (χ1) is 8.19. The molecule has 96 valence electrons. The largest absolute Gasteiger partial charge is 0.379 e. The number of hydrogen-bond acceptors (Lipinski definition) is 2. The zero-order valence-electron chi connectivity index (χ0n) is 10.3. The first-order valence-electron chi connectivity index (χ1n) is 5.95. The topological polar surface area (TPSA) is 21.3 Å². The molecular formula is C13H19Br2NO. The fraction of sp³-hybridized carbons (Fsp3) is 0.538. The van der Waals surface area contributed by atoms with Crippen LogP contribution in [-0.2, 0) is 4.74 Å². The number of ether oxygens (including phenoxy) is 1. The molecule has 1 N–H and O–H groups in total. The highest BCUT2D eigenvalue weighted by Crippen LogP contribution is 2.27. The van der Waals surface area contributed by atoms with E-state index in [0.717, 1.165) is 28.5 Å². The summed E-state index contributed by atoms with van der Waals surface area (Å²) < 4.78 is 7.83. The molecule has 1 rings (SSSR count). The smallest absolute Gasteiger partial charge is 0.0661 e. The summed E-state index contributed by atoms with van der Waals surface area (Å²) in [5.41, 5.74) is 1.24. The SMILES string of the molecule is CCCOCC(NCC)c1ccc(Br)cc1Br. The summed E-state index contributed by atoms with van der Waals surface area (Å²) in [5, 5.41) is 3.45. The normalized spacial score (nSPS) is 12.7. The van der Waals surface area contributed by atoms with Gasteiger partial charge in [-0.3, -0.25) is 0 Å².